The van der Waals surface area contributed by atoms with Gasteiger partial charge in [0.05, 0.1) is 6.10 Å². The van der Waals surface area contributed by atoms with Crippen LogP contribution in [0.2, 0.25) is 0 Å². The van der Waals surface area contributed by atoms with Gasteiger partial charge in [0.15, 0.2) is 0 Å². The van der Waals surface area contributed by atoms with Gasteiger partial charge in [-0.25, -0.2) is 4.98 Å². The standard InChI is InChI=1S/C10H18N2O/c1-7(2)9(8(3)13)10-11-5-6-12(10)4/h5-9,13H,1-4H3. The number of aromatic nitrogens is 2. The largest absolute Gasteiger partial charge is 0.393 e. The van der Waals surface area contributed by atoms with E-state index >= 15 is 0 Å². The highest BCUT2D eigenvalue weighted by Crippen LogP contribution is 2.25. The molecule has 0 aromatic carbocycles. The molecule has 1 rings (SSSR count). The number of aryl methyl sites for hydroxylation is 1. The molecule has 74 valence electrons. The second kappa shape index (κ2) is 3.92. The lowest BCUT2D eigenvalue weighted by Crippen LogP contribution is -2.23. The minimum absolute atomic E-state index is 0.125. The third-order valence-corrected chi connectivity index (χ3v) is 2.39. The third-order valence-electron chi connectivity index (χ3n) is 2.39. The Balaban J connectivity index is 2.95. The molecular formula is C10H18N2O. The number of rotatable bonds is 3. The predicted molar refractivity (Wildman–Crippen MR) is 52.5 cm³/mol. The van der Waals surface area contributed by atoms with Gasteiger partial charge < -0.3 is 9.67 Å². The van der Waals surface area contributed by atoms with E-state index < -0.39 is 0 Å². The Hall–Kier alpha value is -0.830. The Morgan fingerprint density at radius 1 is 1.38 bits per heavy atom. The van der Waals surface area contributed by atoms with Crippen molar-refractivity contribution in [2.45, 2.75) is 32.8 Å². The fourth-order valence-electron chi connectivity index (χ4n) is 1.77. The summed E-state index contributed by atoms with van der Waals surface area (Å²) < 4.78 is 1.97. The van der Waals surface area contributed by atoms with Gasteiger partial charge in [-0.15, -0.1) is 0 Å². The minimum Gasteiger partial charge on any atom is -0.393 e. The first-order valence-corrected chi connectivity index (χ1v) is 4.69. The Morgan fingerprint density at radius 3 is 2.31 bits per heavy atom. The molecule has 0 radical (unpaired) electrons. The summed E-state index contributed by atoms with van der Waals surface area (Å²) in [6, 6.07) is 0. The Bertz CT molecular complexity index is 258. The molecule has 0 aliphatic rings. The van der Waals surface area contributed by atoms with Crippen LogP contribution in [-0.2, 0) is 7.05 Å². The monoisotopic (exact) mass is 182 g/mol. The van der Waals surface area contributed by atoms with Gasteiger partial charge in [-0.05, 0) is 12.8 Å². The van der Waals surface area contributed by atoms with Crippen molar-refractivity contribution in [1.82, 2.24) is 9.55 Å². The lowest BCUT2D eigenvalue weighted by atomic mass is 9.90. The van der Waals surface area contributed by atoms with Gasteiger partial charge >= 0.3 is 0 Å². The van der Waals surface area contributed by atoms with E-state index in [0.29, 0.717) is 5.92 Å². The van der Waals surface area contributed by atoms with E-state index in [1.807, 2.05) is 24.7 Å². The fourth-order valence-corrected chi connectivity index (χ4v) is 1.77. The highest BCUT2D eigenvalue weighted by atomic mass is 16.3. The molecule has 1 aromatic rings. The summed E-state index contributed by atoms with van der Waals surface area (Å²) in [7, 11) is 1.96. The molecule has 1 N–H and O–H groups in total. The van der Waals surface area contributed by atoms with Crippen molar-refractivity contribution in [1.29, 1.82) is 0 Å². The molecule has 2 unspecified atom stereocenters. The molecule has 1 heterocycles. The summed E-state index contributed by atoms with van der Waals surface area (Å²) in [6.45, 7) is 6.03. The molecule has 3 heteroatoms. The van der Waals surface area contributed by atoms with E-state index in [9.17, 15) is 5.11 Å². The number of imidazole rings is 1. The van der Waals surface area contributed by atoms with Crippen LogP contribution in [0.5, 0.6) is 0 Å². The quantitative estimate of drug-likeness (QED) is 0.770. The molecule has 0 bridgehead atoms. The Labute approximate surface area is 79.4 Å². The van der Waals surface area contributed by atoms with E-state index in [1.165, 1.54) is 0 Å². The molecular weight excluding hydrogens is 164 g/mol. The van der Waals surface area contributed by atoms with Crippen molar-refractivity contribution in [3.05, 3.63) is 18.2 Å². The highest BCUT2D eigenvalue weighted by Gasteiger charge is 2.24. The van der Waals surface area contributed by atoms with E-state index in [2.05, 4.69) is 18.8 Å². The first kappa shape index (κ1) is 10.3. The average molecular weight is 182 g/mol. The zero-order valence-electron chi connectivity index (χ0n) is 8.73. The molecule has 0 fully saturated rings. The van der Waals surface area contributed by atoms with Crippen LogP contribution >= 0.6 is 0 Å². The SMILES string of the molecule is CC(C)C(c1nccn1C)C(C)O. The van der Waals surface area contributed by atoms with Crippen molar-refractivity contribution in [2.75, 3.05) is 0 Å². The smallest absolute Gasteiger partial charge is 0.114 e. The maximum atomic E-state index is 9.63. The minimum atomic E-state index is -0.346. The maximum Gasteiger partial charge on any atom is 0.114 e. The summed E-state index contributed by atoms with van der Waals surface area (Å²) >= 11 is 0. The van der Waals surface area contributed by atoms with E-state index in [4.69, 9.17) is 0 Å². The molecule has 0 aliphatic heterocycles. The molecule has 0 saturated heterocycles. The Kier molecular flexibility index (Phi) is 3.09. The third kappa shape index (κ3) is 2.10. The zero-order chi connectivity index (χ0) is 10.0. The van der Waals surface area contributed by atoms with Gasteiger partial charge in [0.1, 0.15) is 5.82 Å². The molecule has 0 saturated carbocycles. The van der Waals surface area contributed by atoms with Crippen molar-refractivity contribution >= 4 is 0 Å². The summed E-state index contributed by atoms with van der Waals surface area (Å²) in [6.07, 6.45) is 3.33. The lowest BCUT2D eigenvalue weighted by molar-refractivity contribution is 0.134. The molecule has 0 amide bonds. The summed E-state index contributed by atoms with van der Waals surface area (Å²) in [5, 5.41) is 9.63. The van der Waals surface area contributed by atoms with Crippen LogP contribution in [0.4, 0.5) is 0 Å². The van der Waals surface area contributed by atoms with Gasteiger partial charge in [0, 0.05) is 25.4 Å². The number of aliphatic hydroxyl groups excluding tert-OH is 1. The normalized spacial score (nSPS) is 16.2. The average Bonchev–Trinajstić information content (AvgIpc) is 2.35. The van der Waals surface area contributed by atoms with Gasteiger partial charge in [-0.1, -0.05) is 13.8 Å². The molecule has 0 aliphatic carbocycles. The summed E-state index contributed by atoms with van der Waals surface area (Å²) in [5.41, 5.74) is 0. The highest BCUT2D eigenvalue weighted by molar-refractivity contribution is 5.03. The number of hydrogen-bond acceptors (Lipinski definition) is 2. The summed E-state index contributed by atoms with van der Waals surface area (Å²) in [5.74, 6) is 1.49. The van der Waals surface area contributed by atoms with Crippen LogP contribution in [0.1, 0.15) is 32.5 Å². The van der Waals surface area contributed by atoms with Crippen LogP contribution in [0.15, 0.2) is 12.4 Å². The molecule has 1 aromatic heterocycles. The van der Waals surface area contributed by atoms with Crippen molar-refractivity contribution < 1.29 is 5.11 Å². The van der Waals surface area contributed by atoms with Gasteiger partial charge in [-0.2, -0.15) is 0 Å². The van der Waals surface area contributed by atoms with Crippen LogP contribution in [-0.4, -0.2) is 20.8 Å². The number of hydrogen-bond donors (Lipinski definition) is 1. The topological polar surface area (TPSA) is 38.0 Å². The molecule has 3 nitrogen and oxygen atoms in total. The van der Waals surface area contributed by atoms with E-state index in [-0.39, 0.29) is 12.0 Å². The van der Waals surface area contributed by atoms with Crippen molar-refractivity contribution in [3.63, 3.8) is 0 Å². The molecule has 13 heavy (non-hydrogen) atoms. The number of nitrogens with zero attached hydrogens (tertiary/aromatic N) is 2. The Morgan fingerprint density at radius 2 is 2.00 bits per heavy atom. The molecule has 0 spiro atoms. The first-order valence-electron chi connectivity index (χ1n) is 4.69. The maximum absolute atomic E-state index is 9.63. The molecule has 2 atom stereocenters. The van der Waals surface area contributed by atoms with E-state index in [0.717, 1.165) is 5.82 Å². The van der Waals surface area contributed by atoms with Crippen LogP contribution < -0.4 is 0 Å². The van der Waals surface area contributed by atoms with Crippen molar-refractivity contribution in [2.24, 2.45) is 13.0 Å². The second-order valence-electron chi connectivity index (χ2n) is 3.91. The second-order valence-corrected chi connectivity index (χ2v) is 3.91. The fraction of sp³-hybridized carbons (Fsp3) is 0.700. The van der Waals surface area contributed by atoms with E-state index in [1.54, 1.807) is 6.20 Å². The lowest BCUT2D eigenvalue weighted by Gasteiger charge is -2.23. The number of aliphatic hydroxyl groups is 1. The van der Waals surface area contributed by atoms with Crippen LogP contribution in [0.3, 0.4) is 0 Å². The first-order chi connectivity index (χ1) is 6.04. The predicted octanol–water partition coefficient (Wildman–Crippen LogP) is 1.54. The van der Waals surface area contributed by atoms with Crippen LogP contribution in [0.25, 0.3) is 0 Å². The van der Waals surface area contributed by atoms with Crippen molar-refractivity contribution in [3.8, 4) is 0 Å². The van der Waals surface area contributed by atoms with Gasteiger partial charge in [0.2, 0.25) is 0 Å². The van der Waals surface area contributed by atoms with Gasteiger partial charge in [-0.3, -0.25) is 0 Å². The van der Waals surface area contributed by atoms with Crippen LogP contribution in [0, 0.1) is 5.92 Å². The summed E-state index contributed by atoms with van der Waals surface area (Å²) in [4.78, 5) is 4.26. The van der Waals surface area contributed by atoms with Gasteiger partial charge in [0.25, 0.3) is 0 Å². The zero-order valence-corrected chi connectivity index (χ0v) is 8.73.